The van der Waals surface area contributed by atoms with Crippen molar-refractivity contribution in [1.82, 2.24) is 4.98 Å². The molecule has 3 nitrogen and oxygen atoms in total. The topological polar surface area (TPSA) is 42.0 Å². The van der Waals surface area contributed by atoms with Gasteiger partial charge in [-0.3, -0.25) is 4.79 Å². The predicted octanol–water partition coefficient (Wildman–Crippen LogP) is 5.20. The third-order valence-electron chi connectivity index (χ3n) is 3.36. The Hall–Kier alpha value is -2.05. The van der Waals surface area contributed by atoms with Crippen LogP contribution in [-0.4, -0.2) is 10.9 Å². The number of carbonyl (C=O) groups is 1. The molecule has 1 aromatic heterocycles. The highest BCUT2D eigenvalue weighted by molar-refractivity contribution is 9.10. The molecule has 0 atom stereocenters. The number of rotatable bonds is 4. The molecule has 0 aliphatic rings. The molecular formula is C18H14BrFN2OS. The smallest absolute Gasteiger partial charge is 0.230 e. The van der Waals surface area contributed by atoms with Crippen molar-refractivity contribution in [2.75, 3.05) is 5.32 Å². The number of hydrogen-bond donors (Lipinski definition) is 1. The van der Waals surface area contributed by atoms with Crippen molar-refractivity contribution >= 4 is 38.9 Å². The van der Waals surface area contributed by atoms with E-state index in [4.69, 9.17) is 0 Å². The van der Waals surface area contributed by atoms with E-state index in [-0.39, 0.29) is 18.0 Å². The minimum absolute atomic E-state index is 0.109. The fraction of sp³-hybridized carbons (Fsp3) is 0.111. The Balaban J connectivity index is 1.69. The number of nitrogens with one attached hydrogen (secondary N) is 1. The van der Waals surface area contributed by atoms with Crippen molar-refractivity contribution < 1.29 is 9.18 Å². The van der Waals surface area contributed by atoms with Gasteiger partial charge in [-0.15, -0.1) is 11.3 Å². The molecule has 122 valence electrons. The van der Waals surface area contributed by atoms with Crippen LogP contribution in [-0.2, 0) is 11.2 Å². The molecule has 24 heavy (non-hydrogen) atoms. The normalized spacial score (nSPS) is 10.6. The Labute approximate surface area is 151 Å². The molecule has 1 amide bonds. The van der Waals surface area contributed by atoms with Gasteiger partial charge in [-0.1, -0.05) is 34.1 Å². The van der Waals surface area contributed by atoms with Gasteiger partial charge < -0.3 is 5.32 Å². The van der Waals surface area contributed by atoms with Crippen LogP contribution < -0.4 is 5.32 Å². The Bertz CT molecular complexity index is 894. The lowest BCUT2D eigenvalue weighted by Gasteiger charge is -2.06. The molecule has 2 aromatic carbocycles. The molecule has 0 spiro atoms. The van der Waals surface area contributed by atoms with Crippen LogP contribution in [0.5, 0.6) is 0 Å². The number of halogens is 2. The monoisotopic (exact) mass is 404 g/mol. The van der Waals surface area contributed by atoms with Crippen molar-refractivity contribution in [3.8, 4) is 10.6 Å². The van der Waals surface area contributed by atoms with E-state index in [0.717, 1.165) is 20.6 Å². The summed E-state index contributed by atoms with van der Waals surface area (Å²) in [5, 5.41) is 5.28. The average Bonchev–Trinajstić information content (AvgIpc) is 2.98. The molecular weight excluding hydrogens is 391 g/mol. The third-order valence-corrected chi connectivity index (χ3v) is 4.80. The summed E-state index contributed by atoms with van der Waals surface area (Å²) in [5.41, 5.74) is 2.65. The lowest BCUT2D eigenvalue weighted by molar-refractivity contribution is -0.115. The van der Waals surface area contributed by atoms with E-state index >= 15 is 0 Å². The van der Waals surface area contributed by atoms with Crippen LogP contribution in [0.2, 0.25) is 0 Å². The maximum Gasteiger partial charge on any atom is 0.230 e. The molecule has 0 fully saturated rings. The Kier molecular flexibility index (Phi) is 5.06. The first-order valence-corrected chi connectivity index (χ1v) is 8.95. The SMILES string of the molecule is Cc1ccc(NC(=O)Cc2csc(-c3cccc(Br)c3)n2)c(F)c1. The Morgan fingerprint density at radius 2 is 2.12 bits per heavy atom. The van der Waals surface area contributed by atoms with Gasteiger partial charge in [0.2, 0.25) is 5.91 Å². The summed E-state index contributed by atoms with van der Waals surface area (Å²) in [4.78, 5) is 16.6. The van der Waals surface area contributed by atoms with Gasteiger partial charge >= 0.3 is 0 Å². The number of benzene rings is 2. The van der Waals surface area contributed by atoms with Crippen LogP contribution in [0.15, 0.2) is 52.3 Å². The summed E-state index contributed by atoms with van der Waals surface area (Å²) in [5.74, 6) is -0.722. The number of thiazole rings is 1. The first kappa shape index (κ1) is 16.8. The molecule has 1 N–H and O–H groups in total. The molecule has 0 saturated carbocycles. The van der Waals surface area contributed by atoms with E-state index in [1.807, 2.05) is 29.6 Å². The second-order valence-corrected chi connectivity index (χ2v) is 7.14. The van der Waals surface area contributed by atoms with E-state index in [1.165, 1.54) is 17.4 Å². The van der Waals surface area contributed by atoms with Crippen LogP contribution in [0.25, 0.3) is 10.6 Å². The maximum atomic E-state index is 13.8. The number of hydrogen-bond acceptors (Lipinski definition) is 3. The number of carbonyl (C=O) groups excluding carboxylic acids is 1. The minimum Gasteiger partial charge on any atom is -0.323 e. The zero-order valence-corrected chi connectivity index (χ0v) is 15.2. The molecule has 3 aromatic rings. The maximum absolute atomic E-state index is 13.8. The number of amides is 1. The standard InChI is InChI=1S/C18H14BrFN2OS/c1-11-5-6-16(15(20)7-11)22-17(23)9-14-10-24-18(21-14)12-3-2-4-13(19)8-12/h2-8,10H,9H2,1H3,(H,22,23). The quantitative estimate of drug-likeness (QED) is 0.648. The molecule has 0 aliphatic carbocycles. The van der Waals surface area contributed by atoms with Crippen LogP contribution in [0.4, 0.5) is 10.1 Å². The molecule has 3 rings (SSSR count). The summed E-state index contributed by atoms with van der Waals surface area (Å²) in [6.45, 7) is 1.80. The molecule has 1 heterocycles. The molecule has 0 aliphatic heterocycles. The number of aromatic nitrogens is 1. The highest BCUT2D eigenvalue weighted by Crippen LogP contribution is 2.26. The Morgan fingerprint density at radius 1 is 1.29 bits per heavy atom. The van der Waals surface area contributed by atoms with Gasteiger partial charge in [-0.25, -0.2) is 9.37 Å². The van der Waals surface area contributed by atoms with Crippen LogP contribution in [0, 0.1) is 12.7 Å². The number of nitrogens with zero attached hydrogens (tertiary/aromatic N) is 1. The van der Waals surface area contributed by atoms with Gasteiger partial charge in [0, 0.05) is 15.4 Å². The lowest BCUT2D eigenvalue weighted by atomic mass is 10.2. The second-order valence-electron chi connectivity index (χ2n) is 5.36. The van der Waals surface area contributed by atoms with E-state index in [2.05, 4.69) is 26.2 Å². The number of anilines is 1. The third kappa shape index (κ3) is 4.07. The molecule has 0 radical (unpaired) electrons. The fourth-order valence-electron chi connectivity index (χ4n) is 2.22. The first-order chi connectivity index (χ1) is 11.5. The minimum atomic E-state index is -0.434. The van der Waals surface area contributed by atoms with E-state index < -0.39 is 5.82 Å². The highest BCUT2D eigenvalue weighted by atomic mass is 79.9. The van der Waals surface area contributed by atoms with E-state index in [0.29, 0.717) is 5.69 Å². The zero-order chi connectivity index (χ0) is 17.1. The predicted molar refractivity (Wildman–Crippen MR) is 98.7 cm³/mol. The second kappa shape index (κ2) is 7.23. The lowest BCUT2D eigenvalue weighted by Crippen LogP contribution is -2.15. The summed E-state index contributed by atoms with van der Waals surface area (Å²) >= 11 is 4.91. The average molecular weight is 405 g/mol. The van der Waals surface area contributed by atoms with Crippen molar-refractivity contribution in [1.29, 1.82) is 0 Å². The fourth-order valence-corrected chi connectivity index (χ4v) is 3.44. The van der Waals surface area contributed by atoms with Crippen LogP contribution in [0.3, 0.4) is 0 Å². The summed E-state index contributed by atoms with van der Waals surface area (Å²) in [6.07, 6.45) is 0.109. The van der Waals surface area contributed by atoms with E-state index in [1.54, 1.807) is 19.1 Å². The van der Waals surface area contributed by atoms with Crippen molar-refractivity contribution in [3.05, 3.63) is 69.4 Å². The van der Waals surface area contributed by atoms with E-state index in [9.17, 15) is 9.18 Å². The first-order valence-electron chi connectivity index (χ1n) is 7.27. The zero-order valence-electron chi connectivity index (χ0n) is 12.8. The van der Waals surface area contributed by atoms with Gasteiger partial charge in [0.15, 0.2) is 0 Å². The van der Waals surface area contributed by atoms with Crippen molar-refractivity contribution in [2.45, 2.75) is 13.3 Å². The molecule has 0 unspecified atom stereocenters. The molecule has 0 bridgehead atoms. The van der Waals surface area contributed by atoms with Crippen molar-refractivity contribution in [3.63, 3.8) is 0 Å². The van der Waals surface area contributed by atoms with Crippen LogP contribution >= 0.6 is 27.3 Å². The largest absolute Gasteiger partial charge is 0.323 e. The van der Waals surface area contributed by atoms with Gasteiger partial charge in [0.05, 0.1) is 17.8 Å². The van der Waals surface area contributed by atoms with Crippen LogP contribution in [0.1, 0.15) is 11.3 Å². The molecule has 6 heteroatoms. The Morgan fingerprint density at radius 3 is 2.88 bits per heavy atom. The molecule has 0 saturated heterocycles. The van der Waals surface area contributed by atoms with Gasteiger partial charge in [0.25, 0.3) is 0 Å². The van der Waals surface area contributed by atoms with Gasteiger partial charge in [-0.05, 0) is 36.8 Å². The highest BCUT2D eigenvalue weighted by Gasteiger charge is 2.11. The van der Waals surface area contributed by atoms with Gasteiger partial charge in [0.1, 0.15) is 10.8 Å². The van der Waals surface area contributed by atoms with Gasteiger partial charge in [-0.2, -0.15) is 0 Å². The van der Waals surface area contributed by atoms with Crippen molar-refractivity contribution in [2.24, 2.45) is 0 Å². The number of aryl methyl sites for hydroxylation is 1. The summed E-state index contributed by atoms with van der Waals surface area (Å²) in [7, 11) is 0. The summed E-state index contributed by atoms with van der Waals surface area (Å²) in [6, 6.07) is 12.5. The summed E-state index contributed by atoms with van der Waals surface area (Å²) < 4.78 is 14.8.